The fourth-order valence-electron chi connectivity index (χ4n) is 5.22. The van der Waals surface area contributed by atoms with Crippen molar-refractivity contribution < 1.29 is 4.79 Å². The Kier molecular flexibility index (Phi) is 5.26. The fourth-order valence-corrected chi connectivity index (χ4v) is 5.22. The third-order valence-electron chi connectivity index (χ3n) is 6.92. The second-order valence-corrected chi connectivity index (χ2v) is 9.87. The van der Waals surface area contributed by atoms with Crippen LogP contribution in [-0.4, -0.2) is 38.3 Å². The lowest BCUT2D eigenvalue weighted by molar-refractivity contribution is -0.126. The molecule has 36 heavy (non-hydrogen) atoms. The van der Waals surface area contributed by atoms with Gasteiger partial charge >= 0.3 is 0 Å². The number of aromatic nitrogens is 3. The van der Waals surface area contributed by atoms with Gasteiger partial charge in [0, 0.05) is 36.1 Å². The summed E-state index contributed by atoms with van der Waals surface area (Å²) in [6.45, 7) is 4.19. The summed E-state index contributed by atoms with van der Waals surface area (Å²) in [6.07, 6.45) is 3.00. The highest BCUT2D eigenvalue weighted by Gasteiger charge is 2.36. The fraction of sp³-hybridized carbons (Fsp3) is 0.308. The quantitative estimate of drug-likeness (QED) is 0.346. The van der Waals surface area contributed by atoms with Crippen molar-refractivity contribution in [2.45, 2.75) is 38.8 Å². The van der Waals surface area contributed by atoms with Crippen molar-refractivity contribution in [3.8, 4) is 0 Å². The molecule has 0 radical (unpaired) electrons. The van der Waals surface area contributed by atoms with Crippen molar-refractivity contribution in [3.05, 3.63) is 76.0 Å². The number of amidine groups is 1. The number of H-pyrrole nitrogens is 1. The van der Waals surface area contributed by atoms with Gasteiger partial charge in [-0.1, -0.05) is 38.1 Å². The summed E-state index contributed by atoms with van der Waals surface area (Å²) in [6, 6.07) is 12.4. The van der Waals surface area contributed by atoms with E-state index in [1.54, 1.807) is 15.6 Å². The highest BCUT2D eigenvalue weighted by Crippen LogP contribution is 2.31. The van der Waals surface area contributed by atoms with Crippen LogP contribution in [0.15, 0.2) is 58.6 Å². The van der Waals surface area contributed by atoms with E-state index < -0.39 is 6.04 Å². The number of nitrogens with one attached hydrogen (secondary N) is 4. The minimum absolute atomic E-state index is 0.155. The number of hydrogen-bond acceptors (Lipinski definition) is 7. The van der Waals surface area contributed by atoms with Crippen LogP contribution >= 0.6 is 0 Å². The molecule has 2 aromatic carbocycles. The van der Waals surface area contributed by atoms with E-state index in [-0.39, 0.29) is 17.5 Å². The number of carbonyl (C=O) groups is 1. The maximum Gasteiger partial charge on any atom is 0.262 e. The molecule has 0 aliphatic carbocycles. The Hall–Kier alpha value is -4.18. The van der Waals surface area contributed by atoms with Crippen molar-refractivity contribution in [2.24, 2.45) is 11.0 Å². The van der Waals surface area contributed by atoms with Crippen LogP contribution in [0.25, 0.3) is 21.8 Å². The van der Waals surface area contributed by atoms with Crippen LogP contribution < -0.4 is 21.9 Å². The summed E-state index contributed by atoms with van der Waals surface area (Å²) in [5.41, 5.74) is 8.83. The zero-order valence-electron chi connectivity index (χ0n) is 20.4. The Morgan fingerprint density at radius 2 is 1.92 bits per heavy atom. The van der Waals surface area contributed by atoms with Crippen LogP contribution in [0, 0.1) is 5.92 Å². The lowest BCUT2D eigenvalue weighted by atomic mass is 9.96. The molecule has 10 heteroatoms. The Morgan fingerprint density at radius 1 is 1.08 bits per heavy atom. The van der Waals surface area contributed by atoms with E-state index in [0.29, 0.717) is 41.3 Å². The first kappa shape index (κ1) is 22.3. The minimum atomic E-state index is -0.689. The van der Waals surface area contributed by atoms with Gasteiger partial charge in [-0.15, -0.1) is 10.6 Å². The van der Waals surface area contributed by atoms with Crippen LogP contribution in [0.1, 0.15) is 49.3 Å². The molecule has 2 aliphatic rings. The molecule has 0 unspecified atom stereocenters. The zero-order valence-corrected chi connectivity index (χ0v) is 20.4. The monoisotopic (exact) mass is 484 g/mol. The molecule has 2 aromatic heterocycles. The van der Waals surface area contributed by atoms with Gasteiger partial charge in [-0.05, 0) is 36.1 Å². The summed E-state index contributed by atoms with van der Waals surface area (Å²) in [7, 11) is 1.85. The molecule has 6 rings (SSSR count). The highest BCUT2D eigenvalue weighted by molar-refractivity contribution is 6.01. The number of para-hydroxylation sites is 1. The number of amides is 1. The first-order valence-corrected chi connectivity index (χ1v) is 12.1. The number of hydrazine groups is 2. The molecule has 10 nitrogen and oxygen atoms in total. The standard InChI is InChI=1S/C26H28N8O2/c1-14(2)10-21-24-28-20-11-15(23-30-31-32-33(23)3)8-9-18(20)26(36)34(24)22(25(35)29-21)12-16-13-27-19-7-5-4-6-17(16)19/h4-9,11,13-14,21-22,27,31-32H,10,12H2,1-3H3,(H,29,35)/t21-,22+/m0/s1. The first-order valence-electron chi connectivity index (χ1n) is 12.1. The van der Waals surface area contributed by atoms with E-state index in [1.165, 1.54) is 0 Å². The van der Waals surface area contributed by atoms with Crippen LogP contribution in [0.4, 0.5) is 0 Å². The van der Waals surface area contributed by atoms with Crippen LogP contribution in [0.5, 0.6) is 0 Å². The summed E-state index contributed by atoms with van der Waals surface area (Å²) in [5.74, 6) is 1.45. The maximum atomic E-state index is 13.9. The number of rotatable bonds is 5. The zero-order chi connectivity index (χ0) is 25.0. The Balaban J connectivity index is 1.50. The van der Waals surface area contributed by atoms with Gasteiger partial charge in [0.05, 0.1) is 16.9 Å². The largest absolute Gasteiger partial charge is 0.361 e. The molecular weight excluding hydrogens is 456 g/mol. The summed E-state index contributed by atoms with van der Waals surface area (Å²) in [4.78, 5) is 35.6. The van der Waals surface area contributed by atoms with Crippen molar-refractivity contribution in [2.75, 3.05) is 7.05 Å². The van der Waals surface area contributed by atoms with Gasteiger partial charge in [-0.25, -0.2) is 10.5 Å². The highest BCUT2D eigenvalue weighted by atomic mass is 16.2. The minimum Gasteiger partial charge on any atom is -0.361 e. The van der Waals surface area contributed by atoms with E-state index >= 15 is 0 Å². The van der Waals surface area contributed by atoms with E-state index in [0.717, 1.165) is 22.0 Å². The van der Waals surface area contributed by atoms with Crippen molar-refractivity contribution in [3.63, 3.8) is 0 Å². The number of hydrogen-bond donors (Lipinski definition) is 4. The summed E-state index contributed by atoms with van der Waals surface area (Å²) >= 11 is 0. The Morgan fingerprint density at radius 3 is 2.69 bits per heavy atom. The third kappa shape index (κ3) is 3.61. The molecule has 0 saturated carbocycles. The number of aromatic amines is 1. The van der Waals surface area contributed by atoms with Crippen LogP contribution in [0.2, 0.25) is 0 Å². The number of hydrazone groups is 1. The molecule has 2 atom stereocenters. The third-order valence-corrected chi connectivity index (χ3v) is 6.92. The van der Waals surface area contributed by atoms with Gasteiger partial charge in [-0.2, -0.15) is 0 Å². The maximum absolute atomic E-state index is 13.9. The number of benzene rings is 2. The van der Waals surface area contributed by atoms with E-state index in [9.17, 15) is 9.59 Å². The van der Waals surface area contributed by atoms with Gasteiger partial charge in [0.15, 0.2) is 5.84 Å². The lowest BCUT2D eigenvalue weighted by Crippen LogP contribution is -2.48. The molecule has 0 saturated heterocycles. The van der Waals surface area contributed by atoms with Crippen molar-refractivity contribution >= 4 is 33.5 Å². The second-order valence-electron chi connectivity index (χ2n) is 9.87. The normalized spacial score (nSPS) is 19.5. The number of carbonyl (C=O) groups excluding carboxylic acids is 1. The molecular formula is C26H28N8O2. The Labute approximate surface area is 207 Å². The van der Waals surface area contributed by atoms with Crippen LogP contribution in [0.3, 0.4) is 0 Å². The van der Waals surface area contributed by atoms with Gasteiger partial charge in [0.2, 0.25) is 5.91 Å². The van der Waals surface area contributed by atoms with Gasteiger partial charge < -0.3 is 10.3 Å². The van der Waals surface area contributed by atoms with Crippen molar-refractivity contribution in [1.29, 1.82) is 0 Å². The molecule has 0 spiro atoms. The number of fused-ring (bicyclic) bond motifs is 3. The van der Waals surface area contributed by atoms with E-state index in [2.05, 4.69) is 40.3 Å². The van der Waals surface area contributed by atoms with E-state index in [4.69, 9.17) is 4.98 Å². The summed E-state index contributed by atoms with van der Waals surface area (Å²) < 4.78 is 1.62. The number of nitrogens with zero attached hydrogens (tertiary/aromatic N) is 4. The summed E-state index contributed by atoms with van der Waals surface area (Å²) in [5, 5.41) is 10.7. The SMILES string of the molecule is CC(C)C[C@@H]1NC(=O)[C@@H](Cc2c[nH]c3ccccc23)n2c1nc1cc(C3=NNNN3C)ccc1c2=O. The van der Waals surface area contributed by atoms with E-state index in [1.807, 2.05) is 49.6 Å². The molecule has 4 heterocycles. The predicted molar refractivity (Wildman–Crippen MR) is 138 cm³/mol. The second kappa shape index (κ2) is 8.49. The molecule has 184 valence electrons. The average molecular weight is 485 g/mol. The molecule has 4 N–H and O–H groups in total. The van der Waals surface area contributed by atoms with Crippen LogP contribution in [-0.2, 0) is 11.2 Å². The average Bonchev–Trinajstić information content (AvgIpc) is 3.47. The van der Waals surface area contributed by atoms with Crippen molar-refractivity contribution in [1.82, 2.24) is 35.9 Å². The first-order chi connectivity index (χ1) is 17.4. The predicted octanol–water partition coefficient (Wildman–Crippen LogP) is 2.49. The van der Waals surface area contributed by atoms with Gasteiger partial charge in [0.25, 0.3) is 5.56 Å². The smallest absolute Gasteiger partial charge is 0.262 e. The molecule has 4 aromatic rings. The molecule has 2 aliphatic heterocycles. The lowest BCUT2D eigenvalue weighted by Gasteiger charge is -2.33. The van der Waals surface area contributed by atoms with Gasteiger partial charge in [-0.3, -0.25) is 19.2 Å². The van der Waals surface area contributed by atoms with Gasteiger partial charge in [0.1, 0.15) is 11.9 Å². The Bertz CT molecular complexity index is 1580. The molecule has 0 fully saturated rings. The topological polar surface area (TPSA) is 119 Å². The molecule has 0 bridgehead atoms. The molecule has 1 amide bonds.